The van der Waals surface area contributed by atoms with Crippen molar-refractivity contribution >= 4 is 29.2 Å². The highest BCUT2D eigenvalue weighted by Gasteiger charge is 2.61. The molecule has 4 fully saturated rings. The minimum Gasteiger partial charge on any atom is -0.411 e. The van der Waals surface area contributed by atoms with Crippen molar-refractivity contribution in [2.75, 3.05) is 12.3 Å². The minimum atomic E-state index is -4.83. The standard InChI is InChI=1S/C24H35F3N2O3S/c1-22-8-6-14(33-11-3-10-28-21(31)24(25,26)27)12-18(22)19(29-32)13-15-16-4-5-20(30)23(16,2)9-7-17(15)22/h14-18,32H,3-13H2,1-2H3,(H,28,31)/t14?,15-,16-,17+,18?,22+,23-/m0/s1. The van der Waals surface area contributed by atoms with Gasteiger partial charge in [-0.15, -0.1) is 0 Å². The fourth-order valence-corrected chi connectivity index (χ4v) is 8.95. The molecule has 186 valence electrons. The van der Waals surface area contributed by atoms with Crippen molar-refractivity contribution in [3.63, 3.8) is 0 Å². The van der Waals surface area contributed by atoms with E-state index in [1.807, 2.05) is 5.32 Å². The number of rotatable bonds is 5. The Balaban J connectivity index is 1.36. The molecule has 4 aliphatic carbocycles. The van der Waals surface area contributed by atoms with Crippen molar-refractivity contribution in [1.82, 2.24) is 5.32 Å². The molecule has 0 spiro atoms. The van der Waals surface area contributed by atoms with Gasteiger partial charge in [0.25, 0.3) is 0 Å². The lowest BCUT2D eigenvalue weighted by molar-refractivity contribution is -0.173. The lowest BCUT2D eigenvalue weighted by Gasteiger charge is -2.60. The predicted octanol–water partition coefficient (Wildman–Crippen LogP) is 5.21. The number of nitrogens with zero attached hydrogens (tertiary/aromatic N) is 1. The molecule has 0 radical (unpaired) electrons. The zero-order valence-electron chi connectivity index (χ0n) is 19.4. The van der Waals surface area contributed by atoms with Gasteiger partial charge in [0.15, 0.2) is 0 Å². The highest BCUT2D eigenvalue weighted by Crippen LogP contribution is 2.65. The Morgan fingerprint density at radius 2 is 1.97 bits per heavy atom. The van der Waals surface area contributed by atoms with E-state index in [1.54, 1.807) is 11.8 Å². The third-order valence-corrected chi connectivity index (χ3v) is 10.9. The van der Waals surface area contributed by atoms with E-state index in [9.17, 15) is 28.0 Å². The molecule has 2 N–H and O–H groups in total. The van der Waals surface area contributed by atoms with Crippen LogP contribution in [0.25, 0.3) is 0 Å². The number of halogens is 3. The number of alkyl halides is 3. The van der Waals surface area contributed by atoms with E-state index in [1.165, 1.54) is 0 Å². The molecule has 0 aromatic carbocycles. The third kappa shape index (κ3) is 4.43. The number of Topliss-reactive ketones (excluding diaryl/α,β-unsaturated/α-hetero) is 1. The number of fused-ring (bicyclic) bond motifs is 5. The molecule has 2 unspecified atom stereocenters. The van der Waals surface area contributed by atoms with Crippen molar-refractivity contribution < 1.29 is 28.0 Å². The first-order valence-corrected chi connectivity index (χ1v) is 13.3. The Bertz CT molecular complexity index is 819. The highest BCUT2D eigenvalue weighted by molar-refractivity contribution is 7.99. The number of hydrogen-bond acceptors (Lipinski definition) is 5. The topological polar surface area (TPSA) is 78.8 Å². The van der Waals surface area contributed by atoms with Crippen LogP contribution in [0.5, 0.6) is 0 Å². The summed E-state index contributed by atoms with van der Waals surface area (Å²) >= 11 is 1.75. The van der Waals surface area contributed by atoms with E-state index in [4.69, 9.17) is 0 Å². The number of nitrogens with one attached hydrogen (secondary N) is 1. The van der Waals surface area contributed by atoms with Gasteiger partial charge >= 0.3 is 12.1 Å². The van der Waals surface area contributed by atoms with Gasteiger partial charge in [0.1, 0.15) is 5.78 Å². The first-order valence-electron chi connectivity index (χ1n) is 12.2. The van der Waals surface area contributed by atoms with Crippen LogP contribution in [0, 0.1) is 34.5 Å². The maximum absolute atomic E-state index is 12.6. The quantitative estimate of drug-likeness (QED) is 0.316. The summed E-state index contributed by atoms with van der Waals surface area (Å²) in [5.41, 5.74) is 0.736. The number of oxime groups is 1. The van der Waals surface area contributed by atoms with Crippen LogP contribution in [-0.2, 0) is 9.59 Å². The lowest BCUT2D eigenvalue weighted by atomic mass is 9.45. The van der Waals surface area contributed by atoms with Crippen molar-refractivity contribution in [1.29, 1.82) is 0 Å². The van der Waals surface area contributed by atoms with Gasteiger partial charge in [-0.25, -0.2) is 0 Å². The summed E-state index contributed by atoms with van der Waals surface area (Å²) < 4.78 is 36.8. The van der Waals surface area contributed by atoms with Gasteiger partial charge in [0, 0.05) is 29.5 Å². The van der Waals surface area contributed by atoms with Crippen LogP contribution >= 0.6 is 11.8 Å². The summed E-state index contributed by atoms with van der Waals surface area (Å²) in [5, 5.41) is 16.0. The molecular weight excluding hydrogens is 453 g/mol. The van der Waals surface area contributed by atoms with E-state index in [-0.39, 0.29) is 23.3 Å². The van der Waals surface area contributed by atoms with Crippen molar-refractivity contribution in [3.05, 3.63) is 0 Å². The van der Waals surface area contributed by atoms with E-state index in [0.717, 1.165) is 50.7 Å². The molecule has 0 saturated heterocycles. The average Bonchev–Trinajstić information content (AvgIpc) is 3.07. The Hall–Kier alpha value is -1.25. The number of carbonyl (C=O) groups excluding carboxylic acids is 2. The summed E-state index contributed by atoms with van der Waals surface area (Å²) in [6, 6.07) is 0. The molecule has 0 bridgehead atoms. The first-order chi connectivity index (χ1) is 15.5. The zero-order chi connectivity index (χ0) is 24.0. The van der Waals surface area contributed by atoms with E-state index in [0.29, 0.717) is 47.4 Å². The molecule has 4 rings (SSSR count). The molecule has 0 aromatic rings. The fourth-order valence-electron chi connectivity index (χ4n) is 7.69. The van der Waals surface area contributed by atoms with Crippen LogP contribution in [0.15, 0.2) is 5.16 Å². The van der Waals surface area contributed by atoms with E-state index >= 15 is 0 Å². The molecule has 7 atom stereocenters. The number of amides is 1. The van der Waals surface area contributed by atoms with Crippen LogP contribution in [0.3, 0.4) is 0 Å². The SMILES string of the molecule is C[C@]12CCC(SCCCNC(=O)C(F)(F)F)CC1C(=NO)C[C@@H]1[C@H]2CC[C@]2(C)C(=O)CC[C@@H]12. The number of carbonyl (C=O) groups is 2. The second kappa shape index (κ2) is 9.08. The first kappa shape index (κ1) is 24.9. The minimum absolute atomic E-state index is 0.0190. The van der Waals surface area contributed by atoms with Crippen LogP contribution in [0.1, 0.15) is 71.6 Å². The molecule has 4 aliphatic rings. The third-order valence-electron chi connectivity index (χ3n) is 9.49. The molecule has 9 heteroatoms. The maximum atomic E-state index is 12.6. The number of hydrogen-bond donors (Lipinski definition) is 2. The Kier molecular flexibility index (Phi) is 6.84. The second-order valence-corrected chi connectivity index (χ2v) is 12.4. The predicted molar refractivity (Wildman–Crippen MR) is 121 cm³/mol. The van der Waals surface area contributed by atoms with Gasteiger partial charge in [0.2, 0.25) is 0 Å². The normalized spacial score (nSPS) is 41.9. The van der Waals surface area contributed by atoms with Gasteiger partial charge < -0.3 is 10.5 Å². The fraction of sp³-hybridized carbons (Fsp3) is 0.875. The second-order valence-electron chi connectivity index (χ2n) is 11.0. The van der Waals surface area contributed by atoms with E-state index < -0.39 is 12.1 Å². The van der Waals surface area contributed by atoms with Gasteiger partial charge in [-0.05, 0) is 80.3 Å². The van der Waals surface area contributed by atoms with Crippen molar-refractivity contribution in [2.24, 2.45) is 39.7 Å². The number of ketones is 1. The molecule has 1 amide bonds. The maximum Gasteiger partial charge on any atom is 0.471 e. The van der Waals surface area contributed by atoms with Gasteiger partial charge in [-0.3, -0.25) is 9.59 Å². The van der Waals surface area contributed by atoms with Gasteiger partial charge in [0.05, 0.1) is 5.71 Å². The summed E-state index contributed by atoms with van der Waals surface area (Å²) in [4.78, 5) is 23.5. The molecule has 4 saturated carbocycles. The van der Waals surface area contributed by atoms with Crippen LogP contribution in [0.2, 0.25) is 0 Å². The van der Waals surface area contributed by atoms with Gasteiger partial charge in [-0.1, -0.05) is 19.0 Å². The number of thioether (sulfide) groups is 1. The molecular formula is C24H35F3N2O3S. The Morgan fingerprint density at radius 3 is 2.67 bits per heavy atom. The average molecular weight is 489 g/mol. The molecule has 0 aromatic heterocycles. The Morgan fingerprint density at radius 1 is 1.21 bits per heavy atom. The van der Waals surface area contributed by atoms with Crippen LogP contribution in [-0.4, -0.2) is 46.3 Å². The molecule has 0 aliphatic heterocycles. The zero-order valence-corrected chi connectivity index (χ0v) is 20.2. The monoisotopic (exact) mass is 488 g/mol. The van der Waals surface area contributed by atoms with Crippen molar-refractivity contribution in [3.8, 4) is 0 Å². The van der Waals surface area contributed by atoms with Crippen molar-refractivity contribution in [2.45, 2.75) is 83.1 Å². The molecule has 0 heterocycles. The molecule has 33 heavy (non-hydrogen) atoms. The molecule has 5 nitrogen and oxygen atoms in total. The van der Waals surface area contributed by atoms with Gasteiger partial charge in [-0.2, -0.15) is 24.9 Å². The smallest absolute Gasteiger partial charge is 0.411 e. The Labute approximate surface area is 197 Å². The van der Waals surface area contributed by atoms with Crippen LogP contribution in [0.4, 0.5) is 13.2 Å². The lowest BCUT2D eigenvalue weighted by Crippen LogP contribution is -2.56. The van der Waals surface area contributed by atoms with E-state index in [2.05, 4.69) is 19.0 Å². The highest BCUT2D eigenvalue weighted by atomic mass is 32.2. The van der Waals surface area contributed by atoms with Crippen LogP contribution < -0.4 is 5.32 Å². The summed E-state index contributed by atoms with van der Waals surface area (Å²) in [7, 11) is 0. The summed E-state index contributed by atoms with van der Waals surface area (Å²) in [5.74, 6) is 0.760. The summed E-state index contributed by atoms with van der Waals surface area (Å²) in [6.07, 6.45) is 3.09. The largest absolute Gasteiger partial charge is 0.471 e. The summed E-state index contributed by atoms with van der Waals surface area (Å²) in [6.45, 7) is 4.52.